The molecule has 40 heavy (non-hydrogen) atoms. The number of nitrogens with one attached hydrogen (secondary N) is 5. The minimum absolute atomic E-state index is 0.104. The molecular weight excluding hydrogens is 512 g/mol. The van der Waals surface area contributed by atoms with Gasteiger partial charge in [0.1, 0.15) is 23.5 Å². The number of hydrogen-bond acceptors (Lipinski definition) is 9. The minimum atomic E-state index is -0.638. The van der Waals surface area contributed by atoms with Crippen molar-refractivity contribution in [2.45, 2.75) is 83.9 Å². The quantitative estimate of drug-likeness (QED) is 0.266. The molecule has 12 nitrogen and oxygen atoms in total. The topological polar surface area (TPSA) is 159 Å². The van der Waals surface area contributed by atoms with Crippen molar-refractivity contribution in [3.8, 4) is 0 Å². The zero-order chi connectivity index (χ0) is 29.0. The Hall–Kier alpha value is -3.96. The lowest BCUT2D eigenvalue weighted by Crippen LogP contribution is -2.48. The summed E-state index contributed by atoms with van der Waals surface area (Å²) in [6.07, 6.45) is 9.16. The first kappa shape index (κ1) is 30.6. The molecule has 2 heterocycles. The fourth-order valence-electron chi connectivity index (χ4n) is 4.34. The average Bonchev–Trinajstić information content (AvgIpc) is 2.90. The largest absolute Gasteiger partial charge is 0.444 e. The Balaban J connectivity index is 1.52. The molecule has 0 spiro atoms. The number of rotatable bonds is 12. The molecule has 1 saturated carbocycles. The smallest absolute Gasteiger partial charge is 0.408 e. The third-order valence-corrected chi connectivity index (χ3v) is 6.19. The van der Waals surface area contributed by atoms with Crippen molar-refractivity contribution in [3.05, 3.63) is 41.9 Å². The molecule has 3 rings (SSSR count). The van der Waals surface area contributed by atoms with E-state index in [1.807, 2.05) is 19.1 Å². The third-order valence-electron chi connectivity index (χ3n) is 6.19. The number of pyridine rings is 1. The van der Waals surface area contributed by atoms with Crippen LogP contribution < -0.4 is 26.6 Å². The second-order valence-corrected chi connectivity index (χ2v) is 10.9. The van der Waals surface area contributed by atoms with E-state index in [1.54, 1.807) is 39.4 Å². The fraction of sp³-hybridized carbons (Fsp3) is 0.571. The van der Waals surface area contributed by atoms with Crippen LogP contribution in [0.4, 0.5) is 16.6 Å². The molecule has 5 N–H and O–H groups in total. The zero-order valence-corrected chi connectivity index (χ0v) is 23.9. The van der Waals surface area contributed by atoms with Crippen LogP contribution >= 0.6 is 0 Å². The first-order valence-electron chi connectivity index (χ1n) is 13.9. The van der Waals surface area contributed by atoms with Gasteiger partial charge in [-0.15, -0.1) is 0 Å². The highest BCUT2D eigenvalue weighted by Crippen LogP contribution is 2.21. The van der Waals surface area contributed by atoms with E-state index in [0.29, 0.717) is 36.8 Å². The van der Waals surface area contributed by atoms with Crippen LogP contribution in [0.15, 0.2) is 30.7 Å². The predicted octanol–water partition coefficient (Wildman–Crippen LogP) is 3.03. The second-order valence-electron chi connectivity index (χ2n) is 10.9. The van der Waals surface area contributed by atoms with Crippen LogP contribution in [0.1, 0.15) is 75.7 Å². The van der Waals surface area contributed by atoms with Gasteiger partial charge in [0.05, 0.1) is 0 Å². The molecule has 0 bridgehead atoms. The summed E-state index contributed by atoms with van der Waals surface area (Å²) >= 11 is 0. The van der Waals surface area contributed by atoms with Crippen molar-refractivity contribution in [3.63, 3.8) is 0 Å². The van der Waals surface area contributed by atoms with Gasteiger partial charge >= 0.3 is 6.09 Å². The van der Waals surface area contributed by atoms with Crippen LogP contribution in [0.5, 0.6) is 0 Å². The number of carbonyl (C=O) groups is 3. The third kappa shape index (κ3) is 10.7. The lowest BCUT2D eigenvalue weighted by molar-refractivity contribution is -0.121. The number of anilines is 2. The Morgan fingerprint density at radius 1 is 1.02 bits per heavy atom. The summed E-state index contributed by atoms with van der Waals surface area (Å²) in [5, 5.41) is 15.0. The molecule has 0 saturated heterocycles. The molecule has 2 unspecified atom stereocenters. The Labute approximate surface area is 235 Å². The van der Waals surface area contributed by atoms with Gasteiger partial charge in [-0.05, 0) is 77.0 Å². The summed E-state index contributed by atoms with van der Waals surface area (Å²) in [6.45, 7) is 8.46. The maximum atomic E-state index is 13.2. The van der Waals surface area contributed by atoms with Crippen molar-refractivity contribution >= 4 is 29.7 Å². The van der Waals surface area contributed by atoms with Gasteiger partial charge in [-0.2, -0.15) is 4.98 Å². The molecule has 1 fully saturated rings. The molecule has 0 aromatic carbocycles. The highest BCUT2D eigenvalue weighted by molar-refractivity contribution is 5.98. The van der Waals surface area contributed by atoms with Crippen LogP contribution in [0.3, 0.4) is 0 Å². The SMILES string of the molecule is CCCNc1nc(NCCc2ccncc2)ncc1C(=O)NC1CCCC(NC(=O)CNC(=O)OC(C)(C)C)C1. The van der Waals surface area contributed by atoms with Crippen molar-refractivity contribution < 1.29 is 19.1 Å². The maximum absolute atomic E-state index is 13.2. The number of carbonyl (C=O) groups excluding carboxylic acids is 3. The van der Waals surface area contributed by atoms with Gasteiger partial charge in [0.15, 0.2) is 0 Å². The minimum Gasteiger partial charge on any atom is -0.444 e. The van der Waals surface area contributed by atoms with E-state index >= 15 is 0 Å². The van der Waals surface area contributed by atoms with Crippen molar-refractivity contribution in [1.82, 2.24) is 30.9 Å². The van der Waals surface area contributed by atoms with E-state index in [2.05, 4.69) is 41.5 Å². The number of alkyl carbamates (subject to hydrolysis) is 1. The molecule has 0 radical (unpaired) electrons. The van der Waals surface area contributed by atoms with Gasteiger partial charge < -0.3 is 31.3 Å². The average molecular weight is 555 g/mol. The fourth-order valence-corrected chi connectivity index (χ4v) is 4.34. The molecule has 12 heteroatoms. The molecule has 3 amide bonds. The van der Waals surface area contributed by atoms with Crippen molar-refractivity contribution in [2.24, 2.45) is 0 Å². The molecule has 0 aliphatic heterocycles. The summed E-state index contributed by atoms with van der Waals surface area (Å²) < 4.78 is 5.16. The number of hydrogen-bond donors (Lipinski definition) is 5. The van der Waals surface area contributed by atoms with Crippen molar-refractivity contribution in [2.75, 3.05) is 30.3 Å². The molecule has 2 aromatic heterocycles. The number of ether oxygens (including phenoxy) is 1. The lowest BCUT2D eigenvalue weighted by atomic mass is 9.90. The van der Waals surface area contributed by atoms with E-state index in [-0.39, 0.29) is 30.4 Å². The molecule has 218 valence electrons. The first-order chi connectivity index (χ1) is 19.1. The Morgan fingerprint density at radius 3 is 2.45 bits per heavy atom. The summed E-state index contributed by atoms with van der Waals surface area (Å²) in [5.41, 5.74) is 0.897. The first-order valence-corrected chi connectivity index (χ1v) is 13.9. The van der Waals surface area contributed by atoms with Gasteiger partial charge in [0, 0.05) is 43.8 Å². The van der Waals surface area contributed by atoms with Crippen LogP contribution in [0.2, 0.25) is 0 Å². The zero-order valence-electron chi connectivity index (χ0n) is 23.9. The van der Waals surface area contributed by atoms with E-state index < -0.39 is 11.7 Å². The van der Waals surface area contributed by atoms with E-state index in [4.69, 9.17) is 4.74 Å². The van der Waals surface area contributed by atoms with Crippen LogP contribution in [0, 0.1) is 0 Å². The lowest BCUT2D eigenvalue weighted by Gasteiger charge is -2.30. The van der Waals surface area contributed by atoms with E-state index in [9.17, 15) is 14.4 Å². The standard InChI is InChI=1S/C28H42N8O4/c1-5-12-30-24-22(17-32-26(36-24)31-15-11-19-9-13-29-14-10-19)25(38)35-21-8-6-7-20(16-21)34-23(37)18-33-27(39)40-28(2,3)4/h9-10,13-14,17,20-21H,5-8,11-12,15-16,18H2,1-4H3,(H,33,39)(H,34,37)(H,35,38)(H2,30,31,32,36). The molecule has 1 aliphatic carbocycles. The van der Waals surface area contributed by atoms with Gasteiger partial charge in [-0.1, -0.05) is 6.92 Å². The molecule has 1 aliphatic rings. The van der Waals surface area contributed by atoms with Gasteiger partial charge in [0.25, 0.3) is 5.91 Å². The second kappa shape index (κ2) is 15.0. The van der Waals surface area contributed by atoms with Gasteiger partial charge in [-0.25, -0.2) is 9.78 Å². The van der Waals surface area contributed by atoms with E-state index in [0.717, 1.165) is 37.7 Å². The molecule has 2 aromatic rings. The molecular formula is C28H42N8O4. The number of nitrogens with zero attached hydrogens (tertiary/aromatic N) is 3. The summed E-state index contributed by atoms with van der Waals surface area (Å²) in [6, 6.07) is 3.72. The van der Waals surface area contributed by atoms with Crippen LogP contribution in [-0.2, 0) is 16.0 Å². The number of amides is 3. The maximum Gasteiger partial charge on any atom is 0.408 e. The Bertz CT molecular complexity index is 1120. The highest BCUT2D eigenvalue weighted by atomic mass is 16.6. The normalized spacial score (nSPS) is 16.9. The predicted molar refractivity (Wildman–Crippen MR) is 153 cm³/mol. The van der Waals surface area contributed by atoms with Gasteiger partial charge in [-0.3, -0.25) is 14.6 Å². The van der Waals surface area contributed by atoms with Crippen molar-refractivity contribution in [1.29, 1.82) is 0 Å². The summed E-state index contributed by atoms with van der Waals surface area (Å²) in [7, 11) is 0. The molecule has 2 atom stereocenters. The highest BCUT2D eigenvalue weighted by Gasteiger charge is 2.26. The van der Waals surface area contributed by atoms with E-state index in [1.165, 1.54) is 0 Å². The Morgan fingerprint density at radius 2 is 1.75 bits per heavy atom. The Kier molecular flexibility index (Phi) is 11.5. The number of aromatic nitrogens is 3. The van der Waals surface area contributed by atoms with Crippen LogP contribution in [0.25, 0.3) is 0 Å². The van der Waals surface area contributed by atoms with Crippen LogP contribution in [-0.4, -0.2) is 70.2 Å². The summed E-state index contributed by atoms with van der Waals surface area (Å²) in [4.78, 5) is 50.3. The monoisotopic (exact) mass is 554 g/mol. The van der Waals surface area contributed by atoms with Gasteiger partial charge in [0.2, 0.25) is 11.9 Å². The summed E-state index contributed by atoms with van der Waals surface area (Å²) in [5.74, 6) is 0.374.